The van der Waals surface area contributed by atoms with E-state index in [4.69, 9.17) is 4.74 Å². The van der Waals surface area contributed by atoms with Gasteiger partial charge in [0, 0.05) is 44.3 Å². The van der Waals surface area contributed by atoms with E-state index in [1.807, 2.05) is 62.5 Å². The highest BCUT2D eigenvalue weighted by Crippen LogP contribution is 2.40. The summed E-state index contributed by atoms with van der Waals surface area (Å²) in [6, 6.07) is 13.4. The molecule has 3 aromatic rings. The van der Waals surface area contributed by atoms with E-state index < -0.39 is 5.41 Å². The van der Waals surface area contributed by atoms with Crippen molar-refractivity contribution in [3.05, 3.63) is 64.6 Å². The third-order valence-electron chi connectivity index (χ3n) is 6.96. The third-order valence-corrected chi connectivity index (χ3v) is 6.96. The van der Waals surface area contributed by atoms with Crippen molar-refractivity contribution in [2.75, 3.05) is 43.1 Å². The second-order valence-corrected chi connectivity index (χ2v) is 10.0. The van der Waals surface area contributed by atoms with Gasteiger partial charge in [0.25, 0.3) is 5.56 Å². The van der Waals surface area contributed by atoms with Crippen LogP contribution in [0.1, 0.15) is 32.8 Å². The number of aryl methyl sites for hydroxylation is 1. The Morgan fingerprint density at radius 2 is 1.73 bits per heavy atom. The smallest absolute Gasteiger partial charge is 0.258 e. The van der Waals surface area contributed by atoms with Gasteiger partial charge in [-0.15, -0.1) is 0 Å². The van der Waals surface area contributed by atoms with Gasteiger partial charge in [0.05, 0.1) is 18.0 Å². The summed E-state index contributed by atoms with van der Waals surface area (Å²) in [5.41, 5.74) is 1.35. The fourth-order valence-corrected chi connectivity index (χ4v) is 4.75. The SMILES string of the molecule is CCN1C(=O)C(C)(C)C(=O)N(C)c2cc(OCCCNCCn3ccc4ccc(C)cc4c3=O)ccc21. The molecule has 1 N–H and O–H groups in total. The number of hydrogen-bond donors (Lipinski definition) is 1. The van der Waals surface area contributed by atoms with E-state index in [0.717, 1.165) is 29.3 Å². The quantitative estimate of drug-likeness (QED) is 0.355. The monoisotopic (exact) mass is 504 g/mol. The van der Waals surface area contributed by atoms with E-state index in [0.29, 0.717) is 43.4 Å². The molecule has 0 aliphatic carbocycles. The van der Waals surface area contributed by atoms with Crippen molar-refractivity contribution in [3.63, 3.8) is 0 Å². The van der Waals surface area contributed by atoms with Crippen LogP contribution in [0.5, 0.6) is 5.75 Å². The Bertz CT molecular complexity index is 1380. The molecule has 0 bridgehead atoms. The van der Waals surface area contributed by atoms with E-state index in [1.54, 1.807) is 35.3 Å². The summed E-state index contributed by atoms with van der Waals surface area (Å²) in [5, 5.41) is 5.08. The van der Waals surface area contributed by atoms with Gasteiger partial charge in [-0.25, -0.2) is 0 Å². The molecule has 0 saturated heterocycles. The predicted octanol–water partition coefficient (Wildman–Crippen LogP) is 3.72. The predicted molar refractivity (Wildman–Crippen MR) is 148 cm³/mol. The first-order valence-corrected chi connectivity index (χ1v) is 12.8. The number of anilines is 2. The molecule has 1 aromatic heterocycles. The second-order valence-electron chi connectivity index (χ2n) is 10.0. The summed E-state index contributed by atoms with van der Waals surface area (Å²) in [6.45, 7) is 10.2. The number of hydrogen-bond acceptors (Lipinski definition) is 5. The summed E-state index contributed by atoms with van der Waals surface area (Å²) >= 11 is 0. The minimum atomic E-state index is -1.13. The minimum absolute atomic E-state index is 0.0321. The van der Waals surface area contributed by atoms with Crippen LogP contribution in [0.15, 0.2) is 53.5 Å². The lowest BCUT2D eigenvalue weighted by Crippen LogP contribution is -2.47. The minimum Gasteiger partial charge on any atom is -0.493 e. The number of carbonyl (C=O) groups is 2. The fraction of sp³-hybridized carbons (Fsp3) is 0.414. The third kappa shape index (κ3) is 5.25. The van der Waals surface area contributed by atoms with E-state index in [2.05, 4.69) is 5.32 Å². The molecule has 0 radical (unpaired) electrons. The number of nitrogens with zero attached hydrogens (tertiary/aromatic N) is 3. The molecule has 0 saturated carbocycles. The standard InChI is InChI=1S/C29H36N4O4/c1-6-33-24-11-10-22(19-25(24)31(5)27(35)29(3,4)28(33)36)37-17-7-13-30-14-16-32-15-12-21-9-8-20(2)18-23(21)26(32)34/h8-12,15,18-19,30H,6-7,13-14,16-17H2,1-5H3. The van der Waals surface area contributed by atoms with Gasteiger partial charge in [-0.05, 0) is 70.3 Å². The van der Waals surface area contributed by atoms with Gasteiger partial charge in [-0.2, -0.15) is 0 Å². The Morgan fingerprint density at radius 1 is 0.946 bits per heavy atom. The maximum absolute atomic E-state index is 13.0. The number of amides is 2. The number of nitrogens with one attached hydrogen (secondary N) is 1. The average Bonchev–Trinajstić information content (AvgIpc) is 2.93. The first-order chi connectivity index (χ1) is 17.6. The van der Waals surface area contributed by atoms with Gasteiger partial charge in [-0.1, -0.05) is 17.7 Å². The topological polar surface area (TPSA) is 83.9 Å². The lowest BCUT2D eigenvalue weighted by molar-refractivity contribution is -0.137. The summed E-state index contributed by atoms with van der Waals surface area (Å²) < 4.78 is 7.69. The van der Waals surface area contributed by atoms with Crippen LogP contribution < -0.4 is 25.4 Å². The number of benzene rings is 2. The van der Waals surface area contributed by atoms with Crippen LogP contribution in [0.4, 0.5) is 11.4 Å². The summed E-state index contributed by atoms with van der Waals surface area (Å²) in [5.74, 6) is 0.211. The van der Waals surface area contributed by atoms with Crippen molar-refractivity contribution in [1.82, 2.24) is 9.88 Å². The number of carbonyl (C=O) groups excluding carboxylic acids is 2. The lowest BCUT2D eigenvalue weighted by atomic mass is 9.90. The van der Waals surface area contributed by atoms with Gasteiger partial charge >= 0.3 is 0 Å². The van der Waals surface area contributed by atoms with Crippen molar-refractivity contribution in [3.8, 4) is 5.75 Å². The summed E-state index contributed by atoms with van der Waals surface area (Å²) in [6.07, 6.45) is 2.63. The van der Waals surface area contributed by atoms with Crippen LogP contribution in [-0.2, 0) is 16.1 Å². The van der Waals surface area contributed by atoms with Gasteiger partial charge < -0.3 is 24.4 Å². The molecule has 1 aliphatic rings. The Hall–Kier alpha value is -3.65. The zero-order chi connectivity index (χ0) is 26.7. The maximum atomic E-state index is 13.0. The fourth-order valence-electron chi connectivity index (χ4n) is 4.75. The molecule has 8 heteroatoms. The van der Waals surface area contributed by atoms with Crippen molar-refractivity contribution >= 4 is 34.0 Å². The molecule has 8 nitrogen and oxygen atoms in total. The zero-order valence-electron chi connectivity index (χ0n) is 22.3. The van der Waals surface area contributed by atoms with Crippen LogP contribution in [-0.4, -0.2) is 49.7 Å². The highest BCUT2D eigenvalue weighted by Gasteiger charge is 2.45. The summed E-state index contributed by atoms with van der Waals surface area (Å²) in [7, 11) is 1.70. The molecule has 0 atom stereocenters. The van der Waals surface area contributed by atoms with E-state index in [-0.39, 0.29) is 17.4 Å². The Labute approximate surface area is 217 Å². The molecule has 2 amide bonds. The average molecular weight is 505 g/mol. The van der Waals surface area contributed by atoms with Crippen LogP contribution >= 0.6 is 0 Å². The molecule has 1 aliphatic heterocycles. The van der Waals surface area contributed by atoms with Gasteiger partial charge in [0.1, 0.15) is 11.2 Å². The molecule has 2 heterocycles. The zero-order valence-corrected chi connectivity index (χ0v) is 22.3. The van der Waals surface area contributed by atoms with Gasteiger partial charge in [-0.3, -0.25) is 14.4 Å². The van der Waals surface area contributed by atoms with Crippen LogP contribution in [0, 0.1) is 12.3 Å². The molecular weight excluding hydrogens is 468 g/mol. The van der Waals surface area contributed by atoms with Crippen molar-refractivity contribution in [2.45, 2.75) is 40.7 Å². The molecular formula is C29H36N4O4. The van der Waals surface area contributed by atoms with Crippen molar-refractivity contribution in [2.24, 2.45) is 5.41 Å². The number of ether oxygens (including phenoxy) is 1. The maximum Gasteiger partial charge on any atom is 0.258 e. The van der Waals surface area contributed by atoms with Crippen LogP contribution in [0.2, 0.25) is 0 Å². The molecule has 0 fully saturated rings. The molecule has 0 spiro atoms. The normalized spacial score (nSPS) is 15.2. The number of rotatable bonds is 9. The Kier molecular flexibility index (Phi) is 7.68. The van der Waals surface area contributed by atoms with Crippen molar-refractivity contribution < 1.29 is 14.3 Å². The van der Waals surface area contributed by atoms with Crippen molar-refractivity contribution in [1.29, 1.82) is 0 Å². The Balaban J connectivity index is 1.30. The van der Waals surface area contributed by atoms with Gasteiger partial charge in [0.2, 0.25) is 11.8 Å². The second kappa shape index (κ2) is 10.8. The van der Waals surface area contributed by atoms with Crippen LogP contribution in [0.25, 0.3) is 10.8 Å². The number of pyridine rings is 1. The van der Waals surface area contributed by atoms with E-state index in [1.165, 1.54) is 0 Å². The molecule has 4 rings (SSSR count). The lowest BCUT2D eigenvalue weighted by Gasteiger charge is -2.27. The van der Waals surface area contributed by atoms with Crippen LogP contribution in [0.3, 0.4) is 0 Å². The summed E-state index contributed by atoms with van der Waals surface area (Å²) in [4.78, 5) is 41.9. The highest BCUT2D eigenvalue weighted by atomic mass is 16.5. The van der Waals surface area contributed by atoms with E-state index >= 15 is 0 Å². The molecule has 37 heavy (non-hydrogen) atoms. The molecule has 2 aromatic carbocycles. The first-order valence-electron chi connectivity index (χ1n) is 12.8. The Morgan fingerprint density at radius 3 is 2.49 bits per heavy atom. The first kappa shape index (κ1) is 26.4. The van der Waals surface area contributed by atoms with E-state index in [9.17, 15) is 14.4 Å². The largest absolute Gasteiger partial charge is 0.493 e. The number of fused-ring (bicyclic) bond motifs is 2. The van der Waals surface area contributed by atoms with Gasteiger partial charge in [0.15, 0.2) is 0 Å². The molecule has 0 unspecified atom stereocenters. The highest BCUT2D eigenvalue weighted by molar-refractivity contribution is 6.20. The number of aromatic nitrogens is 1. The molecule has 196 valence electrons.